The first kappa shape index (κ1) is 23.0. The zero-order chi connectivity index (χ0) is 16.8. The Balaban J connectivity index is 0.00000156. The molecule has 0 radical (unpaired) electrons. The first-order chi connectivity index (χ1) is 10.8. The van der Waals surface area contributed by atoms with Crippen LogP contribution in [0.5, 0.6) is 0 Å². The van der Waals surface area contributed by atoms with E-state index in [0.717, 1.165) is 0 Å². The molecule has 1 aliphatic heterocycles. The molecule has 126 valence electrons. The van der Waals surface area contributed by atoms with Gasteiger partial charge in [0.2, 0.25) is 0 Å². The smallest absolute Gasteiger partial charge is 0.797 e. The van der Waals surface area contributed by atoms with Gasteiger partial charge in [-0.15, -0.1) is 0 Å². The van der Waals surface area contributed by atoms with E-state index in [2.05, 4.69) is 31.7 Å². The molecule has 3 heterocycles. The van der Waals surface area contributed by atoms with Crippen molar-refractivity contribution in [3.05, 3.63) is 12.7 Å². The van der Waals surface area contributed by atoms with Gasteiger partial charge in [0.25, 0.3) is 0 Å². The fourth-order valence-electron chi connectivity index (χ4n) is 2.32. The summed E-state index contributed by atoms with van der Waals surface area (Å²) >= 11 is 4.11. The molecule has 1 fully saturated rings. The van der Waals surface area contributed by atoms with Gasteiger partial charge in [-0.3, -0.25) is 4.57 Å². The van der Waals surface area contributed by atoms with Gasteiger partial charge in [-0.1, -0.05) is 0 Å². The molecule has 25 heavy (non-hydrogen) atoms. The number of nitrogens with zero attached hydrogens (tertiary/aromatic N) is 4. The van der Waals surface area contributed by atoms with E-state index in [0.29, 0.717) is 11.2 Å². The van der Waals surface area contributed by atoms with Gasteiger partial charge in [-0.2, -0.15) is 0 Å². The number of aliphatic hydroxyl groups excluding tert-OH is 2. The normalized spacial score (nSPS) is 28.2. The van der Waals surface area contributed by atoms with Crippen molar-refractivity contribution in [3.63, 3.8) is 0 Å². The second kappa shape index (κ2) is 8.74. The molecule has 0 bridgehead atoms. The Morgan fingerprint density at radius 3 is 2.68 bits per heavy atom. The van der Waals surface area contributed by atoms with E-state index in [1.54, 1.807) is 0 Å². The monoisotopic (exact) mass is 375 g/mol. The van der Waals surface area contributed by atoms with Gasteiger partial charge in [-0.05, 0) is 0 Å². The molecule has 2 unspecified atom stereocenters. The van der Waals surface area contributed by atoms with E-state index >= 15 is 0 Å². The van der Waals surface area contributed by atoms with Crippen molar-refractivity contribution < 1.29 is 66.7 Å². The number of anilines is 1. The third-order valence-corrected chi connectivity index (χ3v) is 4.18. The van der Waals surface area contributed by atoms with E-state index in [4.69, 9.17) is 10.5 Å². The molecule has 5 atom stereocenters. The van der Waals surface area contributed by atoms with Gasteiger partial charge in [0.05, 0.1) is 12.9 Å². The van der Waals surface area contributed by atoms with E-state index < -0.39 is 37.9 Å². The van der Waals surface area contributed by atoms with Crippen LogP contribution in [0.25, 0.3) is 11.2 Å². The van der Waals surface area contributed by atoms with Crippen molar-refractivity contribution in [3.8, 4) is 0 Å². The van der Waals surface area contributed by atoms with Crippen LogP contribution in [0.3, 0.4) is 0 Å². The van der Waals surface area contributed by atoms with Crippen LogP contribution in [-0.2, 0) is 26.1 Å². The summed E-state index contributed by atoms with van der Waals surface area (Å²) in [4.78, 5) is 22.7. The number of rotatable bonds is 4. The topological polar surface area (TPSA) is 169 Å². The molecular weight excluding hydrogens is 363 g/mol. The number of hydrogen-bond acceptors (Lipinski definition) is 11. The summed E-state index contributed by atoms with van der Waals surface area (Å²) in [6.07, 6.45) is -2.32. The molecular formula is C10H12Li2N5O6PS. The molecule has 15 heteroatoms. The van der Waals surface area contributed by atoms with Gasteiger partial charge >= 0.3 is 37.7 Å². The summed E-state index contributed by atoms with van der Waals surface area (Å²) in [5.41, 5.74) is 6.29. The maximum Gasteiger partial charge on any atom is 1.00 e. The summed E-state index contributed by atoms with van der Waals surface area (Å²) in [7, 11) is 0. The van der Waals surface area contributed by atoms with Crippen molar-refractivity contribution in [2.45, 2.75) is 24.5 Å². The van der Waals surface area contributed by atoms with Crippen molar-refractivity contribution in [1.82, 2.24) is 19.5 Å². The van der Waals surface area contributed by atoms with Gasteiger partial charge in [0, 0.05) is 6.80 Å². The molecule has 0 aliphatic carbocycles. The number of nitrogen functional groups attached to an aromatic ring is 1. The van der Waals surface area contributed by atoms with Crippen LogP contribution in [0.2, 0.25) is 0 Å². The number of imidazole rings is 1. The summed E-state index contributed by atoms with van der Waals surface area (Å²) in [6, 6.07) is 0. The summed E-state index contributed by atoms with van der Waals surface area (Å²) in [5, 5.41) is 20.1. The minimum absolute atomic E-state index is 0. The molecule has 3 rings (SSSR count). The zero-order valence-electron chi connectivity index (χ0n) is 13.4. The fourth-order valence-corrected chi connectivity index (χ4v) is 2.83. The SMILES string of the molecule is Nc1ncnc2c1ncn2[C@@H]1O[C@H](COP(=O)([O-])[S-])C(O)[C@@H]1O.[Li+].[Li+]. The van der Waals surface area contributed by atoms with Crippen LogP contribution in [0.1, 0.15) is 6.23 Å². The van der Waals surface area contributed by atoms with Crippen molar-refractivity contribution in [2.24, 2.45) is 0 Å². The van der Waals surface area contributed by atoms with E-state index in [1.807, 2.05) is 0 Å². The Kier molecular flexibility index (Phi) is 8.03. The maximum absolute atomic E-state index is 10.9. The third kappa shape index (κ3) is 4.80. The minimum atomic E-state index is -4.39. The van der Waals surface area contributed by atoms with E-state index in [-0.39, 0.29) is 43.5 Å². The third-order valence-electron chi connectivity index (χ3n) is 3.40. The molecule has 0 saturated carbocycles. The second-order valence-electron chi connectivity index (χ2n) is 4.87. The number of ether oxygens (including phenoxy) is 1. The molecule has 11 nitrogen and oxygen atoms in total. The van der Waals surface area contributed by atoms with Gasteiger partial charge < -0.3 is 46.9 Å². The molecule has 0 amide bonds. The first-order valence-corrected chi connectivity index (χ1v) is 8.95. The van der Waals surface area contributed by atoms with Crippen LogP contribution >= 0.6 is 6.80 Å². The number of fused-ring (bicyclic) bond motifs is 1. The molecule has 1 saturated heterocycles. The quantitative estimate of drug-likeness (QED) is 0.264. The Bertz CT molecular complexity index is 777. The van der Waals surface area contributed by atoms with Crippen LogP contribution < -0.4 is 48.3 Å². The Morgan fingerprint density at radius 1 is 1.36 bits per heavy atom. The number of hydrogen-bond donors (Lipinski definition) is 3. The van der Waals surface area contributed by atoms with Crippen molar-refractivity contribution >= 4 is 36.0 Å². The summed E-state index contributed by atoms with van der Waals surface area (Å²) in [6.45, 7) is -4.90. The van der Waals surface area contributed by atoms with Gasteiger partial charge in [0.1, 0.15) is 30.2 Å². The second-order valence-corrected chi connectivity index (χ2v) is 7.37. The number of aliphatic hydroxyl groups is 2. The summed E-state index contributed by atoms with van der Waals surface area (Å²) < 4.78 is 22.2. The first-order valence-electron chi connectivity index (χ1n) is 6.39. The number of aromatic nitrogens is 4. The van der Waals surface area contributed by atoms with Gasteiger partial charge in [-0.25, -0.2) is 15.0 Å². The molecule has 2 aromatic rings. The Labute approximate surface area is 171 Å². The summed E-state index contributed by atoms with van der Waals surface area (Å²) in [5.74, 6) is 0.153. The molecule has 0 spiro atoms. The van der Waals surface area contributed by atoms with Crippen LogP contribution in [0, 0.1) is 0 Å². The zero-order valence-corrected chi connectivity index (χ0v) is 15.1. The van der Waals surface area contributed by atoms with E-state index in [9.17, 15) is 19.7 Å². The maximum atomic E-state index is 10.9. The van der Waals surface area contributed by atoms with Crippen LogP contribution in [0.4, 0.5) is 5.82 Å². The van der Waals surface area contributed by atoms with Crippen molar-refractivity contribution in [1.29, 1.82) is 0 Å². The minimum Gasteiger partial charge on any atom is -0.797 e. The molecule has 4 N–H and O–H groups in total. The average molecular weight is 375 g/mol. The molecule has 2 aromatic heterocycles. The molecule has 0 aromatic carbocycles. The van der Waals surface area contributed by atoms with Crippen LogP contribution in [0.15, 0.2) is 12.7 Å². The standard InChI is InChI=1S/C10H14N5O6PS.2Li/c11-8-5-9(13-2-12-8)15(3-14-5)10-7(17)6(16)4(21-10)1-20-22(18,19)23;;/h2-4,6-7,10,16-17H,1H2,(H2,11,12,13)(H2,18,19,23);;/q;2*+1/p-2/t4-,6?,7+,10-;;/m1../s1. The predicted octanol–water partition coefficient (Wildman–Crippen LogP) is -7.93. The van der Waals surface area contributed by atoms with Crippen LogP contribution in [-0.4, -0.2) is 54.7 Å². The Morgan fingerprint density at radius 2 is 2.04 bits per heavy atom. The average Bonchev–Trinajstić information content (AvgIpc) is 3.01. The number of nitrogens with two attached hydrogens (primary N) is 1. The van der Waals surface area contributed by atoms with E-state index in [1.165, 1.54) is 17.2 Å². The fraction of sp³-hybridized carbons (Fsp3) is 0.500. The Hall–Kier alpha value is -0.0752. The van der Waals surface area contributed by atoms with Crippen molar-refractivity contribution in [2.75, 3.05) is 12.3 Å². The largest absolute Gasteiger partial charge is 1.00 e. The molecule has 1 aliphatic rings. The van der Waals surface area contributed by atoms with Gasteiger partial charge in [0.15, 0.2) is 17.7 Å². The predicted molar refractivity (Wildman–Crippen MR) is 76.6 cm³/mol.